The number of aromatic nitrogens is 3. The Morgan fingerprint density at radius 1 is 1.11 bits per heavy atom. The number of amides is 1. The van der Waals surface area contributed by atoms with E-state index in [0.29, 0.717) is 23.9 Å². The topological polar surface area (TPSA) is 51.0 Å². The van der Waals surface area contributed by atoms with Crippen molar-refractivity contribution >= 4 is 17.7 Å². The molecule has 0 aliphatic rings. The van der Waals surface area contributed by atoms with E-state index in [0.717, 1.165) is 5.56 Å². The van der Waals surface area contributed by atoms with E-state index in [2.05, 4.69) is 10.2 Å². The van der Waals surface area contributed by atoms with Crippen LogP contribution in [-0.2, 0) is 4.79 Å². The summed E-state index contributed by atoms with van der Waals surface area (Å²) in [6.07, 6.45) is 1.46. The standard InChI is InChI=1S/C20H21FN4OS/c1-3-24(4-2)19(26)18(15-10-6-5-7-11-15)27-20-23-22-14-25(20)17-13-9-8-12-16(17)21/h5-14,18H,3-4H2,1-2H3/t18-/m1/s1. The molecule has 0 N–H and O–H groups in total. The maximum Gasteiger partial charge on any atom is 0.240 e. The number of rotatable bonds is 7. The summed E-state index contributed by atoms with van der Waals surface area (Å²) in [5.74, 6) is -0.371. The Labute approximate surface area is 162 Å². The largest absolute Gasteiger partial charge is 0.342 e. The van der Waals surface area contributed by atoms with Crippen molar-refractivity contribution < 1.29 is 9.18 Å². The average molecular weight is 384 g/mol. The van der Waals surface area contributed by atoms with Crippen LogP contribution < -0.4 is 0 Å². The van der Waals surface area contributed by atoms with E-state index in [-0.39, 0.29) is 11.7 Å². The van der Waals surface area contributed by atoms with Gasteiger partial charge in [-0.1, -0.05) is 54.2 Å². The highest BCUT2D eigenvalue weighted by atomic mass is 32.2. The van der Waals surface area contributed by atoms with Crippen LogP contribution in [0, 0.1) is 5.82 Å². The Hall–Kier alpha value is -2.67. The van der Waals surface area contributed by atoms with Gasteiger partial charge in [0.25, 0.3) is 0 Å². The van der Waals surface area contributed by atoms with Gasteiger partial charge in [0.2, 0.25) is 5.91 Å². The maximum absolute atomic E-state index is 14.2. The van der Waals surface area contributed by atoms with Crippen molar-refractivity contribution in [1.29, 1.82) is 0 Å². The lowest BCUT2D eigenvalue weighted by Crippen LogP contribution is -2.34. The molecule has 3 rings (SSSR count). The predicted octanol–water partition coefficient (Wildman–Crippen LogP) is 4.11. The van der Waals surface area contributed by atoms with Gasteiger partial charge < -0.3 is 4.90 Å². The molecule has 0 radical (unpaired) electrons. The van der Waals surface area contributed by atoms with Gasteiger partial charge in [-0.25, -0.2) is 4.39 Å². The number of carbonyl (C=O) groups is 1. The highest BCUT2D eigenvalue weighted by Gasteiger charge is 2.28. The summed E-state index contributed by atoms with van der Waals surface area (Å²) >= 11 is 1.28. The van der Waals surface area contributed by atoms with Crippen LogP contribution >= 0.6 is 11.8 Å². The van der Waals surface area contributed by atoms with Crippen LogP contribution in [0.3, 0.4) is 0 Å². The van der Waals surface area contributed by atoms with Crippen LogP contribution in [0.15, 0.2) is 66.1 Å². The molecule has 0 saturated carbocycles. The Balaban J connectivity index is 1.98. The predicted molar refractivity (Wildman–Crippen MR) is 104 cm³/mol. The Kier molecular flexibility index (Phi) is 6.24. The normalized spacial score (nSPS) is 12.0. The molecule has 0 saturated heterocycles. The molecular weight excluding hydrogens is 363 g/mol. The smallest absolute Gasteiger partial charge is 0.240 e. The highest BCUT2D eigenvalue weighted by Crippen LogP contribution is 2.36. The zero-order valence-electron chi connectivity index (χ0n) is 15.2. The second-order valence-corrected chi connectivity index (χ2v) is 6.93. The molecule has 1 aromatic heterocycles. The SMILES string of the molecule is CCN(CC)C(=O)[C@H](Sc1nncn1-c1ccccc1F)c1ccccc1. The number of nitrogens with zero attached hydrogens (tertiary/aromatic N) is 4. The first-order valence-corrected chi connectivity index (χ1v) is 9.69. The van der Waals surface area contributed by atoms with Gasteiger partial charge in [-0.2, -0.15) is 0 Å². The van der Waals surface area contributed by atoms with Crippen molar-refractivity contribution in [2.75, 3.05) is 13.1 Å². The van der Waals surface area contributed by atoms with Gasteiger partial charge in [0.05, 0.1) is 5.69 Å². The number of benzene rings is 2. The summed E-state index contributed by atoms with van der Waals surface area (Å²) in [4.78, 5) is 14.9. The lowest BCUT2D eigenvalue weighted by molar-refractivity contribution is -0.130. The molecule has 0 aliphatic carbocycles. The molecule has 1 atom stereocenters. The maximum atomic E-state index is 14.2. The van der Waals surface area contributed by atoms with Gasteiger partial charge in [-0.3, -0.25) is 9.36 Å². The summed E-state index contributed by atoms with van der Waals surface area (Å²) < 4.78 is 15.8. The van der Waals surface area contributed by atoms with Crippen LogP contribution in [0.5, 0.6) is 0 Å². The van der Waals surface area contributed by atoms with E-state index in [1.807, 2.05) is 44.2 Å². The highest BCUT2D eigenvalue weighted by molar-refractivity contribution is 8.00. The molecule has 0 unspecified atom stereocenters. The average Bonchev–Trinajstić information content (AvgIpc) is 3.16. The first-order valence-electron chi connectivity index (χ1n) is 8.81. The molecule has 5 nitrogen and oxygen atoms in total. The lowest BCUT2D eigenvalue weighted by Gasteiger charge is -2.25. The zero-order chi connectivity index (χ0) is 19.2. The second-order valence-electron chi connectivity index (χ2n) is 5.85. The molecule has 1 heterocycles. The number of thioether (sulfide) groups is 1. The third-order valence-corrected chi connectivity index (χ3v) is 5.45. The monoisotopic (exact) mass is 384 g/mol. The molecule has 140 valence electrons. The molecule has 0 aliphatic heterocycles. The molecular formula is C20H21FN4OS. The molecule has 0 fully saturated rings. The van der Waals surface area contributed by atoms with E-state index < -0.39 is 5.25 Å². The Morgan fingerprint density at radius 2 is 1.78 bits per heavy atom. The van der Waals surface area contributed by atoms with E-state index in [4.69, 9.17) is 0 Å². The Morgan fingerprint density at radius 3 is 2.44 bits per heavy atom. The second kappa shape index (κ2) is 8.81. The molecule has 3 aromatic rings. The number of para-hydroxylation sites is 1. The molecule has 1 amide bonds. The Bertz CT molecular complexity index is 896. The summed E-state index contributed by atoms with van der Waals surface area (Å²) in [5.41, 5.74) is 1.23. The summed E-state index contributed by atoms with van der Waals surface area (Å²) in [6, 6.07) is 16.0. The number of hydrogen-bond acceptors (Lipinski definition) is 4. The van der Waals surface area contributed by atoms with Crippen LogP contribution in [0.4, 0.5) is 4.39 Å². The minimum atomic E-state index is -0.485. The van der Waals surface area contributed by atoms with Gasteiger partial charge in [0, 0.05) is 13.1 Å². The van der Waals surface area contributed by atoms with Gasteiger partial charge in [-0.05, 0) is 31.5 Å². The van der Waals surface area contributed by atoms with Crippen LogP contribution in [0.25, 0.3) is 5.69 Å². The summed E-state index contributed by atoms with van der Waals surface area (Å²) in [7, 11) is 0. The first kappa shape index (κ1) is 19.1. The number of hydrogen-bond donors (Lipinski definition) is 0. The van der Waals surface area contributed by atoms with E-state index >= 15 is 0 Å². The molecule has 7 heteroatoms. The van der Waals surface area contributed by atoms with Crippen molar-refractivity contribution in [3.05, 3.63) is 72.3 Å². The molecule has 2 aromatic carbocycles. The van der Waals surface area contributed by atoms with Crippen molar-refractivity contribution in [2.45, 2.75) is 24.3 Å². The molecule has 27 heavy (non-hydrogen) atoms. The van der Waals surface area contributed by atoms with Gasteiger partial charge in [0.1, 0.15) is 17.4 Å². The van der Waals surface area contributed by atoms with Crippen molar-refractivity contribution in [3.8, 4) is 5.69 Å². The summed E-state index contributed by atoms with van der Waals surface area (Å²) in [6.45, 7) is 5.16. The third kappa shape index (κ3) is 4.19. The van der Waals surface area contributed by atoms with E-state index in [1.54, 1.807) is 27.7 Å². The number of halogens is 1. The van der Waals surface area contributed by atoms with Crippen LogP contribution in [0.2, 0.25) is 0 Å². The zero-order valence-corrected chi connectivity index (χ0v) is 16.1. The lowest BCUT2D eigenvalue weighted by atomic mass is 10.1. The van der Waals surface area contributed by atoms with Gasteiger partial charge >= 0.3 is 0 Å². The quantitative estimate of drug-likeness (QED) is 0.575. The van der Waals surface area contributed by atoms with Crippen molar-refractivity contribution in [3.63, 3.8) is 0 Å². The number of likely N-dealkylation sites (N-methyl/N-ethyl adjacent to an activating group) is 1. The third-order valence-electron chi connectivity index (χ3n) is 4.25. The van der Waals surface area contributed by atoms with Crippen molar-refractivity contribution in [1.82, 2.24) is 19.7 Å². The van der Waals surface area contributed by atoms with Crippen LogP contribution in [0.1, 0.15) is 24.7 Å². The van der Waals surface area contributed by atoms with Crippen molar-refractivity contribution in [2.24, 2.45) is 0 Å². The molecule has 0 spiro atoms. The van der Waals surface area contributed by atoms with E-state index in [9.17, 15) is 9.18 Å². The fraction of sp³-hybridized carbons (Fsp3) is 0.250. The minimum absolute atomic E-state index is 0.000663. The fourth-order valence-corrected chi connectivity index (χ4v) is 3.92. The summed E-state index contributed by atoms with van der Waals surface area (Å²) in [5, 5.41) is 8.04. The number of carbonyl (C=O) groups excluding carboxylic acids is 1. The minimum Gasteiger partial charge on any atom is -0.342 e. The van der Waals surface area contributed by atoms with Gasteiger partial charge in [-0.15, -0.1) is 10.2 Å². The van der Waals surface area contributed by atoms with E-state index in [1.165, 1.54) is 24.2 Å². The van der Waals surface area contributed by atoms with Crippen LogP contribution in [-0.4, -0.2) is 38.7 Å². The molecule has 0 bridgehead atoms. The first-order chi connectivity index (χ1) is 13.2. The fourth-order valence-electron chi connectivity index (χ4n) is 2.81. The van der Waals surface area contributed by atoms with Gasteiger partial charge in [0.15, 0.2) is 5.16 Å².